The minimum atomic E-state index is 0.593. The molecule has 1 aromatic heterocycles. The SMILES string of the molecule is CC(NCc1ncc(Cl)n1C)C1CC2CCC1C2. The molecule has 0 aromatic carbocycles. The molecule has 2 aliphatic carbocycles. The van der Waals surface area contributed by atoms with Gasteiger partial charge in [-0.2, -0.15) is 0 Å². The Bertz CT molecular complexity index is 429. The van der Waals surface area contributed by atoms with Gasteiger partial charge in [0, 0.05) is 13.1 Å². The van der Waals surface area contributed by atoms with E-state index in [0.717, 1.165) is 30.1 Å². The van der Waals surface area contributed by atoms with Crippen LogP contribution in [0.1, 0.15) is 38.4 Å². The lowest BCUT2D eigenvalue weighted by atomic mass is 9.84. The van der Waals surface area contributed by atoms with E-state index in [1.807, 2.05) is 11.6 Å². The summed E-state index contributed by atoms with van der Waals surface area (Å²) in [6.07, 6.45) is 7.56. The average molecular weight is 268 g/mol. The Morgan fingerprint density at radius 1 is 1.50 bits per heavy atom. The molecule has 4 unspecified atom stereocenters. The molecular formula is C14H22ClN3. The number of halogens is 1. The van der Waals surface area contributed by atoms with Gasteiger partial charge in [0.05, 0.1) is 12.7 Å². The highest BCUT2D eigenvalue weighted by Crippen LogP contribution is 2.49. The predicted octanol–water partition coefficient (Wildman–Crippen LogP) is 2.99. The maximum Gasteiger partial charge on any atom is 0.128 e. The van der Waals surface area contributed by atoms with Gasteiger partial charge in [-0.05, 0) is 43.9 Å². The van der Waals surface area contributed by atoms with Crippen LogP contribution in [0.2, 0.25) is 5.15 Å². The molecule has 4 heteroatoms. The number of rotatable bonds is 4. The molecule has 0 radical (unpaired) electrons. The molecule has 4 atom stereocenters. The maximum atomic E-state index is 6.00. The zero-order valence-corrected chi connectivity index (χ0v) is 12.0. The highest BCUT2D eigenvalue weighted by molar-refractivity contribution is 6.29. The van der Waals surface area contributed by atoms with Gasteiger partial charge in [0.25, 0.3) is 0 Å². The van der Waals surface area contributed by atoms with E-state index in [2.05, 4.69) is 17.2 Å². The monoisotopic (exact) mass is 267 g/mol. The van der Waals surface area contributed by atoms with E-state index in [1.54, 1.807) is 6.20 Å². The zero-order chi connectivity index (χ0) is 12.7. The molecule has 3 rings (SSSR count). The van der Waals surface area contributed by atoms with Crippen molar-refractivity contribution < 1.29 is 0 Å². The second-order valence-electron chi connectivity index (χ2n) is 6.06. The number of fused-ring (bicyclic) bond motifs is 2. The van der Waals surface area contributed by atoms with Gasteiger partial charge in [0.2, 0.25) is 0 Å². The van der Waals surface area contributed by atoms with Crippen LogP contribution in [-0.4, -0.2) is 15.6 Å². The van der Waals surface area contributed by atoms with Crippen molar-refractivity contribution >= 4 is 11.6 Å². The van der Waals surface area contributed by atoms with Crippen molar-refractivity contribution in [3.63, 3.8) is 0 Å². The Labute approximate surface area is 114 Å². The van der Waals surface area contributed by atoms with E-state index < -0.39 is 0 Å². The topological polar surface area (TPSA) is 29.9 Å². The molecule has 2 saturated carbocycles. The molecule has 100 valence electrons. The first-order valence-corrected chi connectivity index (χ1v) is 7.42. The van der Waals surface area contributed by atoms with Crippen LogP contribution < -0.4 is 5.32 Å². The van der Waals surface area contributed by atoms with Crippen LogP contribution in [0, 0.1) is 17.8 Å². The van der Waals surface area contributed by atoms with Gasteiger partial charge in [-0.3, -0.25) is 0 Å². The molecule has 2 fully saturated rings. The van der Waals surface area contributed by atoms with E-state index in [-0.39, 0.29) is 0 Å². The van der Waals surface area contributed by atoms with Crippen molar-refractivity contribution in [2.45, 2.75) is 45.2 Å². The number of hydrogen-bond donors (Lipinski definition) is 1. The lowest BCUT2D eigenvalue weighted by molar-refractivity contribution is 0.258. The summed E-state index contributed by atoms with van der Waals surface area (Å²) in [5.41, 5.74) is 0. The molecule has 1 heterocycles. The molecule has 0 saturated heterocycles. The average Bonchev–Trinajstić information content (AvgIpc) is 3.05. The smallest absolute Gasteiger partial charge is 0.128 e. The Morgan fingerprint density at radius 2 is 2.33 bits per heavy atom. The van der Waals surface area contributed by atoms with E-state index in [9.17, 15) is 0 Å². The summed E-state index contributed by atoms with van der Waals surface area (Å²) in [6.45, 7) is 3.15. The van der Waals surface area contributed by atoms with Gasteiger partial charge in [-0.1, -0.05) is 18.0 Å². The lowest BCUT2D eigenvalue weighted by Crippen LogP contribution is -2.36. The summed E-state index contributed by atoms with van der Waals surface area (Å²) >= 11 is 6.00. The van der Waals surface area contributed by atoms with Crippen molar-refractivity contribution in [3.05, 3.63) is 17.2 Å². The van der Waals surface area contributed by atoms with Crippen LogP contribution in [0.25, 0.3) is 0 Å². The first-order chi connectivity index (χ1) is 8.65. The summed E-state index contributed by atoms with van der Waals surface area (Å²) in [5.74, 6) is 3.89. The molecule has 0 amide bonds. The number of nitrogens with one attached hydrogen (secondary N) is 1. The summed E-state index contributed by atoms with van der Waals surface area (Å²) in [7, 11) is 1.97. The second-order valence-corrected chi connectivity index (χ2v) is 6.45. The van der Waals surface area contributed by atoms with E-state index >= 15 is 0 Å². The number of imidazole rings is 1. The van der Waals surface area contributed by atoms with Crippen molar-refractivity contribution in [1.29, 1.82) is 0 Å². The Kier molecular flexibility index (Phi) is 3.37. The number of nitrogens with zero attached hydrogens (tertiary/aromatic N) is 2. The number of hydrogen-bond acceptors (Lipinski definition) is 2. The quantitative estimate of drug-likeness (QED) is 0.909. The third-order valence-electron chi connectivity index (χ3n) is 5.04. The molecule has 18 heavy (non-hydrogen) atoms. The minimum absolute atomic E-state index is 0.593. The van der Waals surface area contributed by atoms with Crippen LogP contribution in [0.15, 0.2) is 6.20 Å². The minimum Gasteiger partial charge on any atom is -0.321 e. The summed E-state index contributed by atoms with van der Waals surface area (Å²) in [4.78, 5) is 4.33. The first-order valence-electron chi connectivity index (χ1n) is 7.04. The van der Waals surface area contributed by atoms with Gasteiger partial charge in [0.15, 0.2) is 0 Å². The van der Waals surface area contributed by atoms with Crippen LogP contribution in [0.4, 0.5) is 0 Å². The predicted molar refractivity (Wildman–Crippen MR) is 73.5 cm³/mol. The van der Waals surface area contributed by atoms with Gasteiger partial charge >= 0.3 is 0 Å². The second kappa shape index (κ2) is 4.86. The maximum absolute atomic E-state index is 6.00. The van der Waals surface area contributed by atoms with Crippen LogP contribution in [0.5, 0.6) is 0 Å². The van der Waals surface area contributed by atoms with Gasteiger partial charge in [-0.15, -0.1) is 0 Å². The first kappa shape index (κ1) is 12.5. The van der Waals surface area contributed by atoms with E-state index in [1.165, 1.54) is 25.7 Å². The fourth-order valence-electron chi connectivity index (χ4n) is 3.90. The van der Waals surface area contributed by atoms with Crippen molar-refractivity contribution in [2.75, 3.05) is 0 Å². The largest absolute Gasteiger partial charge is 0.321 e. The van der Waals surface area contributed by atoms with Gasteiger partial charge < -0.3 is 9.88 Å². The molecule has 2 bridgehead atoms. The fourth-order valence-corrected chi connectivity index (χ4v) is 4.04. The third kappa shape index (κ3) is 2.19. The van der Waals surface area contributed by atoms with Crippen molar-refractivity contribution in [1.82, 2.24) is 14.9 Å². The Balaban J connectivity index is 1.55. The third-order valence-corrected chi connectivity index (χ3v) is 5.40. The summed E-state index contributed by atoms with van der Waals surface area (Å²) in [5, 5.41) is 4.35. The fraction of sp³-hybridized carbons (Fsp3) is 0.786. The normalized spacial score (nSPS) is 32.1. The highest BCUT2D eigenvalue weighted by Gasteiger charge is 2.41. The summed E-state index contributed by atoms with van der Waals surface area (Å²) < 4.78 is 1.95. The molecule has 1 N–H and O–H groups in total. The molecule has 0 aliphatic heterocycles. The van der Waals surface area contributed by atoms with Crippen LogP contribution in [0.3, 0.4) is 0 Å². The molecular weight excluding hydrogens is 246 g/mol. The molecule has 2 aliphatic rings. The highest BCUT2D eigenvalue weighted by atomic mass is 35.5. The Morgan fingerprint density at radius 3 is 2.89 bits per heavy atom. The molecule has 1 aromatic rings. The van der Waals surface area contributed by atoms with Crippen LogP contribution in [-0.2, 0) is 13.6 Å². The van der Waals surface area contributed by atoms with Gasteiger partial charge in [0.1, 0.15) is 11.0 Å². The zero-order valence-electron chi connectivity index (χ0n) is 11.2. The van der Waals surface area contributed by atoms with E-state index in [4.69, 9.17) is 11.6 Å². The van der Waals surface area contributed by atoms with Crippen molar-refractivity contribution in [2.24, 2.45) is 24.8 Å². The lowest BCUT2D eigenvalue weighted by Gasteiger charge is -2.28. The van der Waals surface area contributed by atoms with E-state index in [0.29, 0.717) is 11.2 Å². The van der Waals surface area contributed by atoms with Gasteiger partial charge in [-0.25, -0.2) is 4.98 Å². The Hall–Kier alpha value is -0.540. The number of aromatic nitrogens is 2. The van der Waals surface area contributed by atoms with Crippen molar-refractivity contribution in [3.8, 4) is 0 Å². The summed E-state index contributed by atoms with van der Waals surface area (Å²) in [6, 6.07) is 0.593. The molecule has 0 spiro atoms. The standard InChI is InChI=1S/C14H22ClN3/c1-9(12-6-10-3-4-11(12)5-10)16-8-14-17-7-13(15)18(14)2/h7,9-12,16H,3-6,8H2,1-2H3. The van der Waals surface area contributed by atoms with Crippen LogP contribution >= 0.6 is 11.6 Å². The molecule has 3 nitrogen and oxygen atoms in total.